The minimum absolute atomic E-state index is 0.0962. The maximum atomic E-state index is 14.0. The van der Waals surface area contributed by atoms with Crippen molar-refractivity contribution in [3.63, 3.8) is 0 Å². The lowest BCUT2D eigenvalue weighted by Crippen LogP contribution is -2.41. The second kappa shape index (κ2) is 7.95. The quantitative estimate of drug-likeness (QED) is 0.309. The lowest BCUT2D eigenvalue weighted by molar-refractivity contribution is 0.287. The third-order valence-electron chi connectivity index (χ3n) is 3.38. The Morgan fingerprint density at radius 3 is 2.57 bits per heavy atom. The number of nitrogens with one attached hydrogen (secondary N) is 1. The van der Waals surface area contributed by atoms with Crippen molar-refractivity contribution in [2.75, 3.05) is 20.6 Å². The highest BCUT2D eigenvalue weighted by atomic mass is 19.1. The van der Waals surface area contributed by atoms with Gasteiger partial charge >= 0.3 is 0 Å². The Bertz CT molecular complexity index is 489. The monoisotopic (exact) mass is 296 g/mol. The number of amidine groups is 1. The van der Waals surface area contributed by atoms with Gasteiger partial charge in [-0.05, 0) is 26.1 Å². The molecule has 0 heterocycles. The number of nitrogens with zero attached hydrogens (tertiary/aromatic N) is 2. The van der Waals surface area contributed by atoms with Gasteiger partial charge < -0.3 is 21.2 Å². The first kappa shape index (κ1) is 17.4. The van der Waals surface area contributed by atoms with Gasteiger partial charge in [0.1, 0.15) is 5.82 Å². The zero-order chi connectivity index (χ0) is 16.0. The molecule has 1 atom stereocenters. The van der Waals surface area contributed by atoms with E-state index in [1.165, 1.54) is 6.07 Å². The average molecular weight is 296 g/mol. The lowest BCUT2D eigenvalue weighted by Gasteiger charge is -2.26. The van der Waals surface area contributed by atoms with Crippen LogP contribution in [0, 0.1) is 11.7 Å². The molecular formula is C15H25FN4O. The largest absolute Gasteiger partial charge is 0.409 e. The summed E-state index contributed by atoms with van der Waals surface area (Å²) in [7, 11) is 4.03. The minimum atomic E-state index is -0.362. The van der Waals surface area contributed by atoms with Gasteiger partial charge in [-0.25, -0.2) is 4.39 Å². The Labute approximate surface area is 125 Å². The van der Waals surface area contributed by atoms with Crippen LogP contribution in [0.3, 0.4) is 0 Å². The topological polar surface area (TPSA) is 73.9 Å². The van der Waals surface area contributed by atoms with Crippen molar-refractivity contribution < 1.29 is 9.60 Å². The SMILES string of the molecule is CC(C)C(CN(C)C)NCc1ccc(C(N)=NO)cc1F. The van der Waals surface area contributed by atoms with E-state index < -0.39 is 0 Å². The van der Waals surface area contributed by atoms with E-state index in [4.69, 9.17) is 10.9 Å². The normalized spacial score (nSPS) is 14.0. The molecule has 1 rings (SSSR count). The van der Waals surface area contributed by atoms with E-state index >= 15 is 0 Å². The van der Waals surface area contributed by atoms with E-state index in [0.29, 0.717) is 23.6 Å². The Kier molecular flexibility index (Phi) is 6.58. The number of halogens is 1. The van der Waals surface area contributed by atoms with Crippen LogP contribution in [0.4, 0.5) is 4.39 Å². The molecule has 1 aromatic carbocycles. The number of oxime groups is 1. The molecule has 0 amide bonds. The summed E-state index contributed by atoms with van der Waals surface area (Å²) in [6, 6.07) is 4.86. The maximum Gasteiger partial charge on any atom is 0.170 e. The Hall–Kier alpha value is -1.66. The molecular weight excluding hydrogens is 271 g/mol. The van der Waals surface area contributed by atoms with Gasteiger partial charge in [0.2, 0.25) is 0 Å². The third kappa shape index (κ3) is 5.32. The van der Waals surface area contributed by atoms with Gasteiger partial charge in [0.25, 0.3) is 0 Å². The highest BCUT2D eigenvalue weighted by molar-refractivity contribution is 5.97. The van der Waals surface area contributed by atoms with Crippen molar-refractivity contribution in [3.8, 4) is 0 Å². The molecule has 1 aromatic rings. The van der Waals surface area contributed by atoms with Gasteiger partial charge in [-0.15, -0.1) is 0 Å². The molecule has 0 radical (unpaired) electrons. The zero-order valence-electron chi connectivity index (χ0n) is 13.1. The van der Waals surface area contributed by atoms with Crippen LogP contribution in [0.2, 0.25) is 0 Å². The summed E-state index contributed by atoms with van der Waals surface area (Å²) in [4.78, 5) is 2.11. The fourth-order valence-corrected chi connectivity index (χ4v) is 2.05. The predicted molar refractivity (Wildman–Crippen MR) is 82.9 cm³/mol. The summed E-state index contributed by atoms with van der Waals surface area (Å²) in [5.41, 5.74) is 6.37. The van der Waals surface area contributed by atoms with E-state index in [1.54, 1.807) is 12.1 Å². The summed E-state index contributed by atoms with van der Waals surface area (Å²) in [5.74, 6) is -0.00747. The molecule has 0 spiro atoms. The summed E-state index contributed by atoms with van der Waals surface area (Å²) in [6.45, 7) is 5.61. The number of benzene rings is 1. The number of hydrogen-bond donors (Lipinski definition) is 3. The van der Waals surface area contributed by atoms with Crippen molar-refractivity contribution in [3.05, 3.63) is 35.1 Å². The fourth-order valence-electron chi connectivity index (χ4n) is 2.05. The Morgan fingerprint density at radius 2 is 2.10 bits per heavy atom. The van der Waals surface area contributed by atoms with Gasteiger partial charge in [-0.1, -0.05) is 31.1 Å². The molecule has 0 aliphatic heterocycles. The van der Waals surface area contributed by atoms with Crippen LogP contribution in [-0.4, -0.2) is 42.6 Å². The first-order chi connectivity index (χ1) is 9.85. The van der Waals surface area contributed by atoms with Crippen LogP contribution in [0.5, 0.6) is 0 Å². The number of likely N-dealkylation sites (N-methyl/N-ethyl adjacent to an activating group) is 1. The zero-order valence-corrected chi connectivity index (χ0v) is 13.1. The second-order valence-electron chi connectivity index (χ2n) is 5.79. The molecule has 0 aliphatic rings. The van der Waals surface area contributed by atoms with Crippen molar-refractivity contribution in [1.82, 2.24) is 10.2 Å². The smallest absolute Gasteiger partial charge is 0.170 e. The minimum Gasteiger partial charge on any atom is -0.409 e. The van der Waals surface area contributed by atoms with E-state index in [2.05, 4.69) is 29.2 Å². The summed E-state index contributed by atoms with van der Waals surface area (Å²) < 4.78 is 14.0. The van der Waals surface area contributed by atoms with Crippen molar-refractivity contribution in [2.24, 2.45) is 16.8 Å². The highest BCUT2D eigenvalue weighted by Gasteiger charge is 2.15. The van der Waals surface area contributed by atoms with Crippen LogP contribution < -0.4 is 11.1 Å². The summed E-state index contributed by atoms with van der Waals surface area (Å²) >= 11 is 0. The maximum absolute atomic E-state index is 14.0. The molecule has 0 aliphatic carbocycles. The number of nitrogens with two attached hydrogens (primary N) is 1. The standard InChI is InChI=1S/C15H25FN4O/c1-10(2)14(9-20(3)4)18-8-12-6-5-11(7-13(12)16)15(17)19-21/h5-7,10,14,18,21H,8-9H2,1-4H3,(H2,17,19). The molecule has 4 N–H and O–H groups in total. The van der Waals surface area contributed by atoms with Crippen LogP contribution in [0.15, 0.2) is 23.4 Å². The van der Waals surface area contributed by atoms with E-state index in [1.807, 2.05) is 14.1 Å². The molecule has 0 bridgehead atoms. The van der Waals surface area contributed by atoms with E-state index in [0.717, 1.165) is 6.54 Å². The lowest BCUT2D eigenvalue weighted by atomic mass is 10.0. The third-order valence-corrected chi connectivity index (χ3v) is 3.38. The number of rotatable bonds is 7. The summed E-state index contributed by atoms with van der Waals surface area (Å²) in [6.07, 6.45) is 0. The Balaban J connectivity index is 2.74. The van der Waals surface area contributed by atoms with Crippen LogP contribution in [-0.2, 0) is 6.54 Å². The molecule has 5 nitrogen and oxygen atoms in total. The van der Waals surface area contributed by atoms with Gasteiger partial charge in [0.05, 0.1) is 0 Å². The van der Waals surface area contributed by atoms with Gasteiger partial charge in [0.15, 0.2) is 5.84 Å². The molecule has 0 aromatic heterocycles. The fraction of sp³-hybridized carbons (Fsp3) is 0.533. The first-order valence-corrected chi connectivity index (χ1v) is 6.99. The van der Waals surface area contributed by atoms with Crippen molar-refractivity contribution in [2.45, 2.75) is 26.4 Å². The first-order valence-electron chi connectivity index (χ1n) is 6.99. The van der Waals surface area contributed by atoms with Crippen LogP contribution in [0.1, 0.15) is 25.0 Å². The van der Waals surface area contributed by atoms with E-state index in [9.17, 15) is 4.39 Å². The Morgan fingerprint density at radius 1 is 1.43 bits per heavy atom. The van der Waals surface area contributed by atoms with E-state index in [-0.39, 0.29) is 17.7 Å². The average Bonchev–Trinajstić information content (AvgIpc) is 2.42. The predicted octanol–water partition coefficient (Wildman–Crippen LogP) is 1.60. The van der Waals surface area contributed by atoms with Gasteiger partial charge in [-0.3, -0.25) is 0 Å². The van der Waals surface area contributed by atoms with Gasteiger partial charge in [0, 0.05) is 30.3 Å². The molecule has 0 fully saturated rings. The molecule has 118 valence electrons. The molecule has 21 heavy (non-hydrogen) atoms. The second-order valence-corrected chi connectivity index (χ2v) is 5.79. The van der Waals surface area contributed by atoms with Crippen molar-refractivity contribution in [1.29, 1.82) is 0 Å². The van der Waals surface area contributed by atoms with Crippen LogP contribution >= 0.6 is 0 Å². The molecule has 0 saturated heterocycles. The number of hydrogen-bond acceptors (Lipinski definition) is 4. The van der Waals surface area contributed by atoms with Crippen LogP contribution in [0.25, 0.3) is 0 Å². The van der Waals surface area contributed by atoms with Crippen molar-refractivity contribution >= 4 is 5.84 Å². The molecule has 0 saturated carbocycles. The highest BCUT2D eigenvalue weighted by Crippen LogP contribution is 2.12. The molecule has 1 unspecified atom stereocenters. The van der Waals surface area contributed by atoms with Gasteiger partial charge in [-0.2, -0.15) is 0 Å². The molecule has 6 heteroatoms. The summed E-state index contributed by atoms with van der Waals surface area (Å²) in [5, 5.41) is 14.8.